The fourth-order valence-corrected chi connectivity index (χ4v) is 2.47. The first-order valence-electron chi connectivity index (χ1n) is 6.65. The third-order valence-corrected chi connectivity index (χ3v) is 3.34. The van der Waals surface area contributed by atoms with Crippen LogP contribution in [0.15, 0.2) is 12.3 Å². The number of aromatic nitrogens is 2. The van der Waals surface area contributed by atoms with Crippen molar-refractivity contribution in [2.24, 2.45) is 13.0 Å². The first-order valence-corrected chi connectivity index (χ1v) is 6.65. The van der Waals surface area contributed by atoms with Crippen molar-refractivity contribution in [3.05, 3.63) is 18.0 Å². The molecule has 1 saturated heterocycles. The average molecular weight is 236 g/mol. The normalized spacial score (nSPS) is 18.7. The van der Waals surface area contributed by atoms with Gasteiger partial charge in [-0.2, -0.15) is 5.10 Å². The van der Waals surface area contributed by atoms with Gasteiger partial charge in [-0.15, -0.1) is 0 Å². The van der Waals surface area contributed by atoms with Crippen molar-refractivity contribution >= 4 is 0 Å². The van der Waals surface area contributed by atoms with Gasteiger partial charge in [-0.05, 0) is 44.5 Å². The maximum absolute atomic E-state index is 4.35. The molecule has 1 fully saturated rings. The number of aryl methyl sites for hydroxylation is 1. The Balaban J connectivity index is 1.60. The lowest BCUT2D eigenvalue weighted by Crippen LogP contribution is -2.31. The van der Waals surface area contributed by atoms with E-state index in [1.807, 2.05) is 17.9 Å². The predicted octanol–water partition coefficient (Wildman–Crippen LogP) is 1.24. The molecule has 1 N–H and O–H groups in total. The number of nitrogens with one attached hydrogen (secondary N) is 1. The maximum atomic E-state index is 4.35. The quantitative estimate of drug-likeness (QED) is 0.807. The van der Waals surface area contributed by atoms with Crippen LogP contribution in [-0.2, 0) is 13.6 Å². The van der Waals surface area contributed by atoms with Crippen LogP contribution in [0.4, 0.5) is 0 Å². The summed E-state index contributed by atoms with van der Waals surface area (Å²) in [5.74, 6) is 0.719. The molecule has 4 heteroatoms. The van der Waals surface area contributed by atoms with E-state index in [1.54, 1.807) is 0 Å². The van der Waals surface area contributed by atoms with Gasteiger partial charge in [0.15, 0.2) is 0 Å². The van der Waals surface area contributed by atoms with Crippen molar-refractivity contribution in [2.45, 2.75) is 26.3 Å². The minimum Gasteiger partial charge on any atom is -0.311 e. The van der Waals surface area contributed by atoms with E-state index < -0.39 is 0 Å². The van der Waals surface area contributed by atoms with Gasteiger partial charge < -0.3 is 10.2 Å². The molecule has 1 aliphatic heterocycles. The summed E-state index contributed by atoms with van der Waals surface area (Å²) in [6.45, 7) is 8.10. The zero-order chi connectivity index (χ0) is 12.1. The number of rotatable bonds is 6. The van der Waals surface area contributed by atoms with Crippen LogP contribution < -0.4 is 5.32 Å². The third kappa shape index (κ3) is 4.13. The van der Waals surface area contributed by atoms with Crippen LogP contribution in [0.5, 0.6) is 0 Å². The molecule has 0 bridgehead atoms. The molecular weight excluding hydrogens is 212 g/mol. The van der Waals surface area contributed by atoms with Crippen molar-refractivity contribution in [2.75, 3.05) is 26.2 Å². The molecule has 0 aliphatic carbocycles. The van der Waals surface area contributed by atoms with Gasteiger partial charge in [-0.25, -0.2) is 0 Å². The van der Waals surface area contributed by atoms with Gasteiger partial charge >= 0.3 is 0 Å². The first-order chi connectivity index (χ1) is 8.24. The molecule has 96 valence electrons. The summed E-state index contributed by atoms with van der Waals surface area (Å²) in [4.78, 5) is 2.58. The van der Waals surface area contributed by atoms with Crippen LogP contribution in [0.25, 0.3) is 0 Å². The summed E-state index contributed by atoms with van der Waals surface area (Å²) in [5, 5.41) is 7.84. The summed E-state index contributed by atoms with van der Waals surface area (Å²) in [7, 11) is 1.96. The Hall–Kier alpha value is -0.870. The Morgan fingerprint density at radius 2 is 2.18 bits per heavy atom. The fraction of sp³-hybridized carbons (Fsp3) is 0.769. The van der Waals surface area contributed by atoms with E-state index in [4.69, 9.17) is 0 Å². The van der Waals surface area contributed by atoms with Crippen molar-refractivity contribution in [1.82, 2.24) is 20.0 Å². The molecule has 1 aromatic heterocycles. The fourth-order valence-electron chi connectivity index (χ4n) is 2.47. The summed E-state index contributed by atoms with van der Waals surface area (Å²) in [5.41, 5.74) is 1.13. The van der Waals surface area contributed by atoms with Gasteiger partial charge in [0, 0.05) is 26.3 Å². The van der Waals surface area contributed by atoms with Gasteiger partial charge in [-0.1, -0.05) is 6.92 Å². The first kappa shape index (κ1) is 12.6. The monoisotopic (exact) mass is 236 g/mol. The molecule has 0 radical (unpaired) electrons. The van der Waals surface area contributed by atoms with E-state index in [0.29, 0.717) is 0 Å². The summed E-state index contributed by atoms with van der Waals surface area (Å²) in [6.07, 6.45) is 4.76. The molecule has 2 heterocycles. The van der Waals surface area contributed by atoms with Crippen molar-refractivity contribution in [3.63, 3.8) is 0 Å². The minimum absolute atomic E-state index is 0.719. The highest BCUT2D eigenvalue weighted by atomic mass is 15.3. The Bertz CT molecular complexity index is 328. The Morgan fingerprint density at radius 3 is 2.82 bits per heavy atom. The molecule has 1 aromatic rings. The third-order valence-electron chi connectivity index (χ3n) is 3.34. The number of likely N-dealkylation sites (tertiary alicyclic amines) is 1. The lowest BCUT2D eigenvalue weighted by atomic mass is 10.1. The average Bonchev–Trinajstić information content (AvgIpc) is 2.90. The summed E-state index contributed by atoms with van der Waals surface area (Å²) in [6, 6.07) is 2.07. The second kappa shape index (κ2) is 6.17. The summed E-state index contributed by atoms with van der Waals surface area (Å²) >= 11 is 0. The molecular formula is C13H24N4. The van der Waals surface area contributed by atoms with E-state index in [0.717, 1.165) is 24.7 Å². The second-order valence-electron chi connectivity index (χ2n) is 5.22. The largest absolute Gasteiger partial charge is 0.311 e. The molecule has 17 heavy (non-hydrogen) atoms. The van der Waals surface area contributed by atoms with Gasteiger partial charge in [0.1, 0.15) is 0 Å². The van der Waals surface area contributed by atoms with Gasteiger partial charge in [0.05, 0.1) is 5.69 Å². The van der Waals surface area contributed by atoms with Gasteiger partial charge in [0.2, 0.25) is 0 Å². The van der Waals surface area contributed by atoms with E-state index in [1.165, 1.54) is 32.5 Å². The topological polar surface area (TPSA) is 33.1 Å². The van der Waals surface area contributed by atoms with Gasteiger partial charge in [-0.3, -0.25) is 4.68 Å². The summed E-state index contributed by atoms with van der Waals surface area (Å²) < 4.78 is 1.85. The molecule has 1 unspecified atom stereocenters. The van der Waals surface area contributed by atoms with Crippen molar-refractivity contribution in [3.8, 4) is 0 Å². The highest BCUT2D eigenvalue weighted by Crippen LogP contribution is 2.09. The van der Waals surface area contributed by atoms with Crippen LogP contribution in [0.2, 0.25) is 0 Å². The van der Waals surface area contributed by atoms with E-state index in [2.05, 4.69) is 28.3 Å². The zero-order valence-electron chi connectivity index (χ0n) is 11.0. The minimum atomic E-state index is 0.719. The molecule has 2 rings (SSSR count). The molecule has 4 nitrogen and oxygen atoms in total. The standard InChI is InChI=1S/C13H24N4/c1-12(11-17-6-3-4-7-17)9-14-10-13-5-8-16(2)15-13/h5,8,12,14H,3-4,6-7,9-11H2,1-2H3. The number of nitrogens with zero attached hydrogens (tertiary/aromatic N) is 3. The van der Waals surface area contributed by atoms with Crippen LogP contribution in [0.3, 0.4) is 0 Å². The lowest BCUT2D eigenvalue weighted by Gasteiger charge is -2.20. The van der Waals surface area contributed by atoms with Crippen molar-refractivity contribution < 1.29 is 0 Å². The van der Waals surface area contributed by atoms with Crippen LogP contribution in [-0.4, -0.2) is 40.9 Å². The molecule has 0 saturated carbocycles. The highest BCUT2D eigenvalue weighted by molar-refractivity contribution is 4.97. The van der Waals surface area contributed by atoms with Gasteiger partial charge in [0.25, 0.3) is 0 Å². The molecule has 1 aliphatic rings. The molecule has 0 amide bonds. The lowest BCUT2D eigenvalue weighted by molar-refractivity contribution is 0.282. The Kier molecular flexibility index (Phi) is 4.57. The number of hydrogen-bond donors (Lipinski definition) is 1. The van der Waals surface area contributed by atoms with Crippen LogP contribution >= 0.6 is 0 Å². The van der Waals surface area contributed by atoms with Crippen LogP contribution in [0.1, 0.15) is 25.5 Å². The number of hydrogen-bond acceptors (Lipinski definition) is 3. The predicted molar refractivity (Wildman–Crippen MR) is 69.8 cm³/mol. The second-order valence-corrected chi connectivity index (χ2v) is 5.22. The van der Waals surface area contributed by atoms with E-state index in [9.17, 15) is 0 Å². The SMILES string of the molecule is CC(CNCc1ccn(C)n1)CN1CCCC1. The Morgan fingerprint density at radius 1 is 1.41 bits per heavy atom. The molecule has 1 atom stereocenters. The van der Waals surface area contributed by atoms with E-state index in [-0.39, 0.29) is 0 Å². The van der Waals surface area contributed by atoms with Crippen LogP contribution in [0, 0.1) is 5.92 Å². The maximum Gasteiger partial charge on any atom is 0.0762 e. The zero-order valence-corrected chi connectivity index (χ0v) is 11.0. The highest BCUT2D eigenvalue weighted by Gasteiger charge is 2.14. The Labute approximate surface area is 104 Å². The molecule has 0 aromatic carbocycles. The van der Waals surface area contributed by atoms with E-state index >= 15 is 0 Å². The molecule has 0 spiro atoms. The van der Waals surface area contributed by atoms with Crippen molar-refractivity contribution in [1.29, 1.82) is 0 Å². The smallest absolute Gasteiger partial charge is 0.0762 e.